The first-order chi connectivity index (χ1) is 18.2. The van der Waals surface area contributed by atoms with E-state index in [1.54, 1.807) is 13.0 Å². The molecule has 39 heavy (non-hydrogen) atoms. The maximum absolute atomic E-state index is 12.5. The summed E-state index contributed by atoms with van der Waals surface area (Å²) in [5, 5.41) is 1.06. The number of benzene rings is 3. The van der Waals surface area contributed by atoms with E-state index in [1.807, 2.05) is 71.9 Å². The van der Waals surface area contributed by atoms with Gasteiger partial charge in [0, 0.05) is 3.57 Å². The fraction of sp³-hybridized carbons (Fsp3) is 0.400. The summed E-state index contributed by atoms with van der Waals surface area (Å²) in [6.45, 7) is 18.3. The summed E-state index contributed by atoms with van der Waals surface area (Å²) in [4.78, 5) is 9.59. The van der Waals surface area contributed by atoms with Gasteiger partial charge >= 0.3 is 15.2 Å². The number of hydrogen-bond acceptors (Lipinski definition) is 5. The monoisotopic (exact) mass is 688 g/mol. The maximum atomic E-state index is 12.5. The Hall–Kier alpha value is -1.31. The van der Waals surface area contributed by atoms with E-state index >= 15 is 0 Å². The van der Waals surface area contributed by atoms with Crippen molar-refractivity contribution in [2.24, 2.45) is 0 Å². The van der Waals surface area contributed by atoms with Gasteiger partial charge in [-0.25, -0.2) is 0 Å². The summed E-state index contributed by atoms with van der Waals surface area (Å²) in [6, 6.07) is 17.5. The van der Waals surface area contributed by atoms with Crippen LogP contribution in [0.5, 0.6) is 0 Å². The van der Waals surface area contributed by atoms with Crippen molar-refractivity contribution in [1.29, 1.82) is 0 Å². The molecule has 3 rings (SSSR count). The van der Waals surface area contributed by atoms with Crippen LogP contribution in [0.3, 0.4) is 0 Å². The van der Waals surface area contributed by atoms with E-state index in [0.29, 0.717) is 23.8 Å². The zero-order valence-electron chi connectivity index (χ0n) is 24.6. The molecule has 216 valence electrons. The van der Waals surface area contributed by atoms with Gasteiger partial charge in [-0.05, 0) is 120 Å². The Labute approximate surface area is 248 Å². The molecule has 0 radical (unpaired) electrons. The molecular formula is C30H43IO6P2. The van der Waals surface area contributed by atoms with Crippen LogP contribution in [-0.4, -0.2) is 24.7 Å². The molecule has 9 heteroatoms. The standard InChI is InChI=1S/C12H19O3P.C10H15O3P.C8H9I/c1-5-14-16(13,15-6-2)12-8-7-10(3)9-11(12)4;1-4-13-14(11,12)10-6-5-8(2)7-9(10)3;1-6-3-4-8(9)7(2)5-6/h7-9H,5-6H2,1-4H3;5-7H,4H2,1-3H3,(H,11,12);3-5H,1-2H3. The second-order valence-electron chi connectivity index (χ2n) is 9.10. The molecule has 3 aromatic rings. The molecule has 0 saturated carbocycles. The van der Waals surface area contributed by atoms with Crippen LogP contribution >= 0.6 is 37.8 Å². The molecule has 0 aliphatic carbocycles. The van der Waals surface area contributed by atoms with E-state index in [4.69, 9.17) is 13.6 Å². The summed E-state index contributed by atoms with van der Waals surface area (Å²) >= 11 is 2.34. The normalized spacial score (nSPS) is 12.5. The lowest BCUT2D eigenvalue weighted by molar-refractivity contribution is 0.230. The van der Waals surface area contributed by atoms with Gasteiger partial charge in [0.15, 0.2) is 0 Å². The van der Waals surface area contributed by atoms with Gasteiger partial charge in [-0.1, -0.05) is 53.1 Å². The maximum Gasteiger partial charge on any atom is 0.361 e. The first kappa shape index (κ1) is 35.7. The van der Waals surface area contributed by atoms with Crippen molar-refractivity contribution in [1.82, 2.24) is 0 Å². The van der Waals surface area contributed by atoms with Crippen LogP contribution in [0.4, 0.5) is 0 Å². The molecule has 1 unspecified atom stereocenters. The minimum atomic E-state index is -3.60. The first-order valence-electron chi connectivity index (χ1n) is 13.0. The topological polar surface area (TPSA) is 82.1 Å². The Balaban J connectivity index is 0.000000303. The highest BCUT2D eigenvalue weighted by Crippen LogP contribution is 2.47. The SMILES string of the molecule is CCOP(=O)(O)c1ccc(C)cc1C.CCOP(=O)(OCC)c1ccc(C)cc1C.Cc1ccc(I)c(C)c1. The minimum absolute atomic E-state index is 0.237. The van der Waals surface area contributed by atoms with E-state index in [2.05, 4.69) is 54.6 Å². The minimum Gasteiger partial charge on any atom is -0.321 e. The van der Waals surface area contributed by atoms with Crippen molar-refractivity contribution in [3.63, 3.8) is 0 Å². The van der Waals surface area contributed by atoms with Gasteiger partial charge in [-0.15, -0.1) is 0 Å². The summed E-state index contributed by atoms with van der Waals surface area (Å²) in [7, 11) is -6.73. The molecule has 0 bridgehead atoms. The Morgan fingerprint density at radius 1 is 0.615 bits per heavy atom. The molecule has 6 nitrogen and oxygen atoms in total. The number of rotatable bonds is 8. The van der Waals surface area contributed by atoms with Crippen LogP contribution < -0.4 is 10.6 Å². The molecular weight excluding hydrogens is 645 g/mol. The molecule has 0 fully saturated rings. The summed E-state index contributed by atoms with van der Waals surface area (Å²) < 4.78 is 41.0. The predicted octanol–water partition coefficient (Wildman–Crippen LogP) is 8.25. The van der Waals surface area contributed by atoms with E-state index in [0.717, 1.165) is 22.3 Å². The largest absolute Gasteiger partial charge is 0.361 e. The molecule has 0 spiro atoms. The van der Waals surface area contributed by atoms with E-state index in [-0.39, 0.29) is 6.61 Å². The number of halogens is 1. The third-order valence-corrected chi connectivity index (χ3v) is 10.7. The third kappa shape index (κ3) is 11.6. The van der Waals surface area contributed by atoms with E-state index in [1.165, 1.54) is 14.7 Å². The van der Waals surface area contributed by atoms with E-state index in [9.17, 15) is 14.0 Å². The molecule has 1 N–H and O–H groups in total. The molecule has 0 aliphatic rings. The van der Waals surface area contributed by atoms with Crippen molar-refractivity contribution < 1.29 is 27.6 Å². The molecule has 0 amide bonds. The Bertz CT molecular complexity index is 1300. The van der Waals surface area contributed by atoms with Crippen LogP contribution in [-0.2, 0) is 22.7 Å². The smallest absolute Gasteiger partial charge is 0.321 e. The van der Waals surface area contributed by atoms with Gasteiger partial charge in [0.05, 0.1) is 30.4 Å². The number of aryl methyl sites for hydroxylation is 6. The highest BCUT2D eigenvalue weighted by atomic mass is 127. The average Bonchev–Trinajstić information content (AvgIpc) is 2.82. The lowest BCUT2D eigenvalue weighted by atomic mass is 10.2. The zero-order chi connectivity index (χ0) is 29.8. The van der Waals surface area contributed by atoms with Crippen LogP contribution in [0.1, 0.15) is 54.2 Å². The quantitative estimate of drug-likeness (QED) is 0.190. The average molecular weight is 689 g/mol. The van der Waals surface area contributed by atoms with Crippen molar-refractivity contribution >= 4 is 48.4 Å². The highest BCUT2D eigenvalue weighted by molar-refractivity contribution is 14.1. The highest BCUT2D eigenvalue weighted by Gasteiger charge is 2.28. The molecule has 0 aromatic heterocycles. The van der Waals surface area contributed by atoms with Gasteiger partial charge in [0.2, 0.25) is 0 Å². The van der Waals surface area contributed by atoms with Crippen LogP contribution in [0.15, 0.2) is 54.6 Å². The van der Waals surface area contributed by atoms with Gasteiger partial charge in [0.1, 0.15) is 0 Å². The Morgan fingerprint density at radius 3 is 1.36 bits per heavy atom. The van der Waals surface area contributed by atoms with E-state index < -0.39 is 15.2 Å². The second-order valence-corrected chi connectivity index (χ2v) is 14.0. The van der Waals surface area contributed by atoms with Crippen molar-refractivity contribution in [3.8, 4) is 0 Å². The fourth-order valence-electron chi connectivity index (χ4n) is 3.79. The third-order valence-electron chi connectivity index (χ3n) is 5.52. The summed E-state index contributed by atoms with van der Waals surface area (Å²) in [5.41, 5.74) is 6.67. The summed E-state index contributed by atoms with van der Waals surface area (Å²) in [6.07, 6.45) is 0. The van der Waals surface area contributed by atoms with Crippen molar-refractivity contribution in [3.05, 3.63) is 91.5 Å². The Kier molecular flexibility index (Phi) is 15.4. The summed E-state index contributed by atoms with van der Waals surface area (Å²) in [5.74, 6) is 0. The van der Waals surface area contributed by atoms with Gasteiger partial charge in [0.25, 0.3) is 0 Å². The lowest BCUT2D eigenvalue weighted by Crippen LogP contribution is -2.13. The van der Waals surface area contributed by atoms with Crippen LogP contribution in [0.25, 0.3) is 0 Å². The number of hydrogen-bond donors (Lipinski definition) is 1. The molecule has 0 saturated heterocycles. The lowest BCUT2D eigenvalue weighted by Gasteiger charge is -2.19. The van der Waals surface area contributed by atoms with Crippen LogP contribution in [0, 0.1) is 45.1 Å². The van der Waals surface area contributed by atoms with Crippen LogP contribution in [0.2, 0.25) is 0 Å². The molecule has 3 aromatic carbocycles. The van der Waals surface area contributed by atoms with Crippen molar-refractivity contribution in [2.75, 3.05) is 19.8 Å². The molecule has 1 atom stereocenters. The van der Waals surface area contributed by atoms with Gasteiger partial charge in [-0.2, -0.15) is 0 Å². The van der Waals surface area contributed by atoms with Crippen molar-refractivity contribution in [2.45, 2.75) is 62.3 Å². The second kappa shape index (κ2) is 16.8. The molecule has 0 aliphatic heterocycles. The molecule has 0 heterocycles. The first-order valence-corrected chi connectivity index (χ1v) is 17.1. The fourth-order valence-corrected chi connectivity index (χ4v) is 7.17. The van der Waals surface area contributed by atoms with Gasteiger partial charge < -0.3 is 18.5 Å². The zero-order valence-corrected chi connectivity index (χ0v) is 28.5. The Morgan fingerprint density at radius 2 is 1.00 bits per heavy atom. The van der Waals surface area contributed by atoms with Gasteiger partial charge in [-0.3, -0.25) is 9.13 Å². The predicted molar refractivity (Wildman–Crippen MR) is 172 cm³/mol.